The highest BCUT2D eigenvalue weighted by Gasteiger charge is 2.47. The first-order valence-corrected chi connectivity index (χ1v) is 11.4. The van der Waals surface area contributed by atoms with Crippen molar-refractivity contribution < 1.29 is 18.0 Å². The maximum atomic E-state index is 13.3. The van der Waals surface area contributed by atoms with Crippen molar-refractivity contribution in [3.63, 3.8) is 0 Å². The van der Waals surface area contributed by atoms with E-state index in [1.807, 2.05) is 18.2 Å². The van der Waals surface area contributed by atoms with Crippen molar-refractivity contribution in [1.29, 1.82) is 0 Å². The number of benzene rings is 1. The van der Waals surface area contributed by atoms with Crippen LogP contribution in [0.2, 0.25) is 0 Å². The first kappa shape index (κ1) is 21.1. The first-order chi connectivity index (χ1) is 16.3. The molecule has 5 heterocycles. The summed E-state index contributed by atoms with van der Waals surface area (Å²) < 4.78 is 41.4. The summed E-state index contributed by atoms with van der Waals surface area (Å²) in [7, 11) is 0. The number of imidazole rings is 1. The van der Waals surface area contributed by atoms with Gasteiger partial charge in [0.05, 0.1) is 22.9 Å². The van der Waals surface area contributed by atoms with E-state index in [2.05, 4.69) is 25.7 Å². The molecule has 0 aliphatic carbocycles. The molecule has 0 atom stereocenters. The maximum absolute atomic E-state index is 13.3. The zero-order chi connectivity index (χ0) is 23.7. The second-order valence-corrected chi connectivity index (χ2v) is 9.40. The lowest BCUT2D eigenvalue weighted by Gasteiger charge is -2.32. The van der Waals surface area contributed by atoms with Gasteiger partial charge in [-0.3, -0.25) is 4.79 Å². The fourth-order valence-electron chi connectivity index (χ4n) is 4.75. The van der Waals surface area contributed by atoms with E-state index >= 15 is 0 Å². The van der Waals surface area contributed by atoms with Crippen LogP contribution in [-0.2, 0) is 16.4 Å². The Hall–Kier alpha value is -3.51. The van der Waals surface area contributed by atoms with Gasteiger partial charge in [0.25, 0.3) is 0 Å². The number of amides is 1. The Morgan fingerprint density at radius 2 is 1.88 bits per heavy atom. The average molecular weight is 485 g/mol. The summed E-state index contributed by atoms with van der Waals surface area (Å²) in [6.45, 7) is 1.53. The highest BCUT2D eigenvalue weighted by atomic mass is 32.1. The number of nitrogens with two attached hydrogens (primary N) is 1. The van der Waals surface area contributed by atoms with Crippen molar-refractivity contribution >= 4 is 33.7 Å². The molecule has 8 nitrogen and oxygen atoms in total. The second kappa shape index (κ2) is 7.24. The zero-order valence-electron chi connectivity index (χ0n) is 17.6. The van der Waals surface area contributed by atoms with E-state index < -0.39 is 23.0 Å². The number of anilines is 2. The number of alkyl halides is 3. The molecule has 4 aromatic rings. The SMILES string of the molecule is Nc1ncc(-c2cnc3sc(-c4ccc5c(c4)C4(CCNCC4)C(=O)N5)nn23)cc1C(F)(F)F. The molecule has 0 bridgehead atoms. The number of fused-ring (bicyclic) bond motifs is 3. The Labute approximate surface area is 195 Å². The van der Waals surface area contributed by atoms with Crippen LogP contribution < -0.4 is 16.4 Å². The summed E-state index contributed by atoms with van der Waals surface area (Å²) in [5.74, 6) is -0.558. The highest BCUT2D eigenvalue weighted by Crippen LogP contribution is 2.45. The Kier molecular flexibility index (Phi) is 4.48. The molecule has 1 fully saturated rings. The minimum atomic E-state index is -4.62. The van der Waals surface area contributed by atoms with Gasteiger partial charge in [0, 0.05) is 23.0 Å². The van der Waals surface area contributed by atoms with Crippen LogP contribution in [0.25, 0.3) is 26.8 Å². The molecule has 6 rings (SSSR count). The Morgan fingerprint density at radius 3 is 2.65 bits per heavy atom. The van der Waals surface area contributed by atoms with Crippen LogP contribution in [0.1, 0.15) is 24.0 Å². The van der Waals surface area contributed by atoms with Crippen molar-refractivity contribution in [2.45, 2.75) is 24.4 Å². The van der Waals surface area contributed by atoms with Crippen molar-refractivity contribution in [3.05, 3.63) is 47.8 Å². The van der Waals surface area contributed by atoms with Crippen LogP contribution >= 0.6 is 11.3 Å². The molecule has 1 aromatic carbocycles. The third-order valence-corrected chi connectivity index (χ3v) is 7.50. The molecular weight excluding hydrogens is 467 g/mol. The predicted molar refractivity (Wildman–Crippen MR) is 121 cm³/mol. The molecule has 2 aliphatic heterocycles. The van der Waals surface area contributed by atoms with Crippen molar-refractivity contribution in [2.75, 3.05) is 24.1 Å². The van der Waals surface area contributed by atoms with Crippen LogP contribution in [0.3, 0.4) is 0 Å². The Morgan fingerprint density at radius 1 is 1.09 bits per heavy atom. The average Bonchev–Trinajstić information content (AvgIpc) is 3.47. The van der Waals surface area contributed by atoms with Crippen molar-refractivity contribution in [2.24, 2.45) is 0 Å². The third-order valence-electron chi connectivity index (χ3n) is 6.53. The number of nitrogens with one attached hydrogen (secondary N) is 2. The molecule has 1 saturated heterocycles. The molecule has 0 radical (unpaired) electrons. The van der Waals surface area contributed by atoms with Crippen LogP contribution in [0, 0.1) is 0 Å². The van der Waals surface area contributed by atoms with Gasteiger partial charge < -0.3 is 16.4 Å². The lowest BCUT2D eigenvalue weighted by atomic mass is 9.74. The topological polar surface area (TPSA) is 110 Å². The van der Waals surface area contributed by atoms with Gasteiger partial charge in [-0.05, 0) is 55.8 Å². The first-order valence-electron chi connectivity index (χ1n) is 10.6. The number of carbonyl (C=O) groups is 1. The molecule has 1 spiro atoms. The summed E-state index contributed by atoms with van der Waals surface area (Å²) >= 11 is 1.32. The Balaban J connectivity index is 1.42. The van der Waals surface area contributed by atoms with E-state index in [0.29, 0.717) is 28.5 Å². The Bertz CT molecular complexity index is 1450. The predicted octanol–water partition coefficient (Wildman–Crippen LogP) is 3.69. The summed E-state index contributed by atoms with van der Waals surface area (Å²) in [6, 6.07) is 6.70. The monoisotopic (exact) mass is 485 g/mol. The summed E-state index contributed by atoms with van der Waals surface area (Å²) in [6.07, 6.45) is -0.449. The molecule has 174 valence electrons. The fourth-order valence-corrected chi connectivity index (χ4v) is 5.62. The normalized spacial score (nSPS) is 17.3. The molecule has 2 aliphatic rings. The number of hydrogen-bond donors (Lipinski definition) is 3. The molecular formula is C22H18F3N7OS. The largest absolute Gasteiger partial charge is 0.419 e. The van der Waals surface area contributed by atoms with E-state index in [1.54, 1.807) is 0 Å². The number of carbonyl (C=O) groups excluding carboxylic acids is 1. The van der Waals surface area contributed by atoms with Gasteiger partial charge in [0.2, 0.25) is 10.9 Å². The summed E-state index contributed by atoms with van der Waals surface area (Å²) in [4.78, 5) is 21.4. The number of rotatable bonds is 2. The number of piperidine rings is 1. The van der Waals surface area contributed by atoms with E-state index in [4.69, 9.17) is 5.73 Å². The van der Waals surface area contributed by atoms with Gasteiger partial charge >= 0.3 is 6.18 Å². The van der Waals surface area contributed by atoms with E-state index in [9.17, 15) is 18.0 Å². The minimum absolute atomic E-state index is 0.0219. The van der Waals surface area contributed by atoms with Gasteiger partial charge in [-0.15, -0.1) is 0 Å². The number of nitrogen functional groups attached to an aromatic ring is 1. The lowest BCUT2D eigenvalue weighted by molar-refractivity contribution is -0.137. The van der Waals surface area contributed by atoms with Gasteiger partial charge in [-0.2, -0.15) is 18.3 Å². The molecule has 4 N–H and O–H groups in total. The minimum Gasteiger partial charge on any atom is -0.383 e. The smallest absolute Gasteiger partial charge is 0.383 e. The van der Waals surface area contributed by atoms with Crippen molar-refractivity contribution in [3.8, 4) is 21.8 Å². The van der Waals surface area contributed by atoms with Gasteiger partial charge in [0.1, 0.15) is 10.8 Å². The van der Waals surface area contributed by atoms with Crippen LogP contribution in [-0.4, -0.2) is 38.6 Å². The fraction of sp³-hybridized carbons (Fsp3) is 0.273. The number of nitrogens with zero attached hydrogens (tertiary/aromatic N) is 4. The highest BCUT2D eigenvalue weighted by molar-refractivity contribution is 7.19. The van der Waals surface area contributed by atoms with Crippen LogP contribution in [0.15, 0.2) is 36.7 Å². The standard InChI is InChI=1S/C22H18F3N7OS/c23-22(24,25)14-8-12(9-28-17(14)26)16-10-29-20-32(16)31-18(34-20)11-1-2-15-13(7-11)21(19(33)30-15)3-5-27-6-4-21/h1-2,7-10,27H,3-6H2,(H2,26,28)(H,30,33). The molecule has 1 amide bonds. The molecule has 3 aromatic heterocycles. The maximum Gasteiger partial charge on any atom is 0.419 e. The molecule has 0 unspecified atom stereocenters. The number of pyridine rings is 1. The van der Waals surface area contributed by atoms with Crippen LogP contribution in [0.4, 0.5) is 24.7 Å². The zero-order valence-corrected chi connectivity index (χ0v) is 18.4. The second-order valence-electron chi connectivity index (χ2n) is 8.45. The quantitative estimate of drug-likeness (QED) is 0.400. The van der Waals surface area contributed by atoms with Gasteiger partial charge in [-0.25, -0.2) is 14.5 Å². The van der Waals surface area contributed by atoms with Gasteiger partial charge in [-0.1, -0.05) is 11.3 Å². The van der Waals surface area contributed by atoms with Crippen LogP contribution in [0.5, 0.6) is 0 Å². The summed E-state index contributed by atoms with van der Waals surface area (Å²) in [5, 5.41) is 11.6. The molecule has 34 heavy (non-hydrogen) atoms. The number of hydrogen-bond acceptors (Lipinski definition) is 7. The summed E-state index contributed by atoms with van der Waals surface area (Å²) in [5.41, 5.74) is 7.06. The van der Waals surface area contributed by atoms with E-state index in [0.717, 1.165) is 36.0 Å². The van der Waals surface area contributed by atoms with E-state index in [-0.39, 0.29) is 11.5 Å². The molecule has 12 heteroatoms. The molecule has 0 saturated carbocycles. The van der Waals surface area contributed by atoms with Gasteiger partial charge in [0.15, 0.2) is 0 Å². The lowest BCUT2D eigenvalue weighted by Crippen LogP contribution is -2.44. The van der Waals surface area contributed by atoms with E-state index in [1.165, 1.54) is 28.2 Å². The number of halogens is 3. The van der Waals surface area contributed by atoms with Crippen molar-refractivity contribution in [1.82, 2.24) is 24.9 Å². The number of aromatic nitrogens is 4. The third kappa shape index (κ3) is 3.09.